The summed E-state index contributed by atoms with van der Waals surface area (Å²) >= 11 is 3.49. The van der Waals surface area contributed by atoms with E-state index in [-0.39, 0.29) is 12.3 Å². The van der Waals surface area contributed by atoms with Crippen LogP contribution in [0.4, 0.5) is 0 Å². The summed E-state index contributed by atoms with van der Waals surface area (Å²) in [5.74, 6) is -0.0283. The maximum atomic E-state index is 13.7. The van der Waals surface area contributed by atoms with E-state index in [1.165, 1.54) is 0 Å². The van der Waals surface area contributed by atoms with Crippen LogP contribution in [-0.2, 0) is 20.2 Å². The van der Waals surface area contributed by atoms with Crippen LogP contribution in [0.25, 0.3) is 0 Å². The number of likely N-dealkylation sites (N-methyl/N-ethyl adjacent to an activating group) is 1. The van der Waals surface area contributed by atoms with Gasteiger partial charge in [0.2, 0.25) is 5.91 Å². The van der Waals surface area contributed by atoms with Crippen LogP contribution in [0.3, 0.4) is 0 Å². The average molecular weight is 463 g/mol. The third kappa shape index (κ3) is 2.91. The predicted molar refractivity (Wildman–Crippen MR) is 112 cm³/mol. The average Bonchev–Trinajstić information content (AvgIpc) is 3.15. The number of carbonyl (C=O) groups is 1. The van der Waals surface area contributed by atoms with E-state index in [2.05, 4.69) is 21.2 Å². The molecule has 2 heterocycles. The molecule has 0 radical (unpaired) electrons. The van der Waals surface area contributed by atoms with E-state index in [0.717, 1.165) is 10.0 Å². The van der Waals surface area contributed by atoms with Gasteiger partial charge in [-0.25, -0.2) is 8.42 Å². The molecule has 4 rings (SSSR count). The quantitative estimate of drug-likeness (QED) is 0.760. The first-order valence-corrected chi connectivity index (χ1v) is 11.6. The van der Waals surface area contributed by atoms with Crippen LogP contribution in [0, 0.1) is 0 Å². The van der Waals surface area contributed by atoms with Gasteiger partial charge in [-0.2, -0.15) is 0 Å². The first kappa shape index (κ1) is 19.6. The molecule has 0 aromatic heterocycles. The van der Waals surface area contributed by atoms with Crippen LogP contribution < -0.4 is 5.32 Å². The Hall–Kier alpha value is -1.70. The minimum atomic E-state index is -3.66. The number of amides is 1. The lowest BCUT2D eigenvalue weighted by Gasteiger charge is -2.33. The van der Waals surface area contributed by atoms with E-state index in [1.807, 2.05) is 31.2 Å². The lowest BCUT2D eigenvalue weighted by molar-refractivity contribution is -0.131. The number of sulfone groups is 1. The minimum Gasteiger partial charge on any atom is -0.344 e. The fourth-order valence-electron chi connectivity index (χ4n) is 4.65. The second kappa shape index (κ2) is 6.68. The van der Waals surface area contributed by atoms with Crippen molar-refractivity contribution in [2.45, 2.75) is 41.0 Å². The molecule has 7 heteroatoms. The number of carbonyl (C=O) groups excluding carboxylic acids is 1. The fraction of sp³-hybridized carbons (Fsp3) is 0.381. The second-order valence-electron chi connectivity index (χ2n) is 7.95. The SMILES string of the molecule is CN1CCC2(CC(S(=O)(=O)c3ccccc3)C(C)(c3cccc(Br)c3)N2)C1=O. The van der Waals surface area contributed by atoms with Crippen LogP contribution in [0.15, 0.2) is 64.0 Å². The Kier molecular flexibility index (Phi) is 4.68. The summed E-state index contributed by atoms with van der Waals surface area (Å²) in [6.07, 6.45) is 0.864. The van der Waals surface area contributed by atoms with Gasteiger partial charge in [0, 0.05) is 18.1 Å². The molecule has 3 unspecified atom stereocenters. The van der Waals surface area contributed by atoms with Gasteiger partial charge >= 0.3 is 0 Å². The maximum absolute atomic E-state index is 13.7. The monoisotopic (exact) mass is 462 g/mol. The zero-order chi connectivity index (χ0) is 20.2. The maximum Gasteiger partial charge on any atom is 0.242 e. The summed E-state index contributed by atoms with van der Waals surface area (Å²) in [5, 5.41) is 2.74. The van der Waals surface area contributed by atoms with Crippen molar-refractivity contribution in [3.63, 3.8) is 0 Å². The van der Waals surface area contributed by atoms with Gasteiger partial charge < -0.3 is 4.90 Å². The third-order valence-corrected chi connectivity index (χ3v) is 8.99. The highest BCUT2D eigenvalue weighted by atomic mass is 79.9. The molecule has 0 bridgehead atoms. The van der Waals surface area contributed by atoms with Crippen molar-refractivity contribution >= 4 is 31.7 Å². The van der Waals surface area contributed by atoms with E-state index in [1.54, 1.807) is 42.3 Å². The smallest absolute Gasteiger partial charge is 0.242 e. The summed E-state index contributed by atoms with van der Waals surface area (Å²) in [4.78, 5) is 15.0. The van der Waals surface area contributed by atoms with E-state index in [4.69, 9.17) is 0 Å². The van der Waals surface area contributed by atoms with E-state index >= 15 is 0 Å². The molecule has 2 aromatic carbocycles. The summed E-state index contributed by atoms with van der Waals surface area (Å²) in [7, 11) is -1.89. The number of likely N-dealkylation sites (tertiary alicyclic amines) is 1. The van der Waals surface area contributed by atoms with Crippen molar-refractivity contribution in [3.05, 3.63) is 64.6 Å². The number of rotatable bonds is 3. The van der Waals surface area contributed by atoms with Gasteiger partial charge in [0.15, 0.2) is 9.84 Å². The van der Waals surface area contributed by atoms with Crippen molar-refractivity contribution in [2.24, 2.45) is 0 Å². The molecular formula is C21H23BrN2O3S. The van der Waals surface area contributed by atoms with Gasteiger partial charge in [-0.1, -0.05) is 46.3 Å². The highest BCUT2D eigenvalue weighted by molar-refractivity contribution is 9.10. The van der Waals surface area contributed by atoms with E-state index in [9.17, 15) is 13.2 Å². The number of benzene rings is 2. The van der Waals surface area contributed by atoms with Crippen LogP contribution >= 0.6 is 15.9 Å². The Bertz CT molecular complexity index is 1030. The van der Waals surface area contributed by atoms with Gasteiger partial charge in [0.25, 0.3) is 0 Å². The molecule has 1 N–H and O–H groups in total. The van der Waals surface area contributed by atoms with E-state index in [0.29, 0.717) is 17.9 Å². The van der Waals surface area contributed by atoms with Crippen molar-refractivity contribution in [3.8, 4) is 0 Å². The predicted octanol–water partition coefficient (Wildman–Crippen LogP) is 3.10. The van der Waals surface area contributed by atoms with Crippen LogP contribution in [0.2, 0.25) is 0 Å². The Morgan fingerprint density at radius 2 is 1.86 bits per heavy atom. The molecule has 0 saturated carbocycles. The molecule has 2 saturated heterocycles. The summed E-state index contributed by atoms with van der Waals surface area (Å²) < 4.78 is 28.2. The molecule has 2 fully saturated rings. The minimum absolute atomic E-state index is 0.0283. The lowest BCUT2D eigenvalue weighted by atomic mass is 9.89. The Morgan fingerprint density at radius 1 is 1.14 bits per heavy atom. The van der Waals surface area contributed by atoms with Crippen LogP contribution in [-0.4, -0.2) is 43.6 Å². The summed E-state index contributed by atoms with van der Waals surface area (Å²) in [6, 6.07) is 16.2. The lowest BCUT2D eigenvalue weighted by Crippen LogP contribution is -2.53. The normalized spacial score (nSPS) is 30.3. The zero-order valence-electron chi connectivity index (χ0n) is 15.9. The molecule has 2 aliphatic heterocycles. The topological polar surface area (TPSA) is 66.5 Å². The molecule has 148 valence electrons. The highest BCUT2D eigenvalue weighted by Gasteiger charge is 2.62. The first-order chi connectivity index (χ1) is 13.2. The molecule has 1 amide bonds. The summed E-state index contributed by atoms with van der Waals surface area (Å²) in [6.45, 7) is 2.53. The number of hydrogen-bond donors (Lipinski definition) is 1. The Balaban J connectivity index is 1.88. The van der Waals surface area contributed by atoms with Crippen molar-refractivity contribution in [2.75, 3.05) is 13.6 Å². The number of nitrogens with zero attached hydrogens (tertiary/aromatic N) is 1. The molecule has 3 atom stereocenters. The molecule has 1 spiro atoms. The van der Waals surface area contributed by atoms with Gasteiger partial charge in [-0.05, 0) is 49.6 Å². The standard InChI is InChI=1S/C21H23BrN2O3S/c1-20(15-7-6-8-16(22)13-15)18(28(26,27)17-9-4-3-5-10-17)14-21(23-20)11-12-24(2)19(21)25/h3-10,13,18,23H,11-12,14H2,1-2H3. The third-order valence-electron chi connectivity index (χ3n) is 6.18. The molecule has 2 aliphatic rings. The van der Waals surface area contributed by atoms with Crippen LogP contribution in [0.1, 0.15) is 25.3 Å². The number of nitrogens with one attached hydrogen (secondary N) is 1. The first-order valence-electron chi connectivity index (χ1n) is 9.29. The Labute approximate surface area is 174 Å². The zero-order valence-corrected chi connectivity index (χ0v) is 18.3. The van der Waals surface area contributed by atoms with Gasteiger partial charge in [0.1, 0.15) is 5.54 Å². The van der Waals surface area contributed by atoms with Crippen molar-refractivity contribution in [1.82, 2.24) is 10.2 Å². The molecule has 2 aromatic rings. The van der Waals surface area contributed by atoms with Gasteiger partial charge in [0.05, 0.1) is 15.7 Å². The molecular weight excluding hydrogens is 440 g/mol. The Morgan fingerprint density at radius 3 is 2.46 bits per heavy atom. The number of halogens is 1. The molecule has 0 aliphatic carbocycles. The van der Waals surface area contributed by atoms with Crippen molar-refractivity contribution < 1.29 is 13.2 Å². The van der Waals surface area contributed by atoms with Crippen molar-refractivity contribution in [1.29, 1.82) is 0 Å². The van der Waals surface area contributed by atoms with Crippen LogP contribution in [0.5, 0.6) is 0 Å². The fourth-order valence-corrected chi connectivity index (χ4v) is 7.23. The van der Waals surface area contributed by atoms with E-state index < -0.39 is 26.2 Å². The van der Waals surface area contributed by atoms with Gasteiger partial charge in [-0.15, -0.1) is 0 Å². The largest absolute Gasteiger partial charge is 0.344 e. The van der Waals surface area contributed by atoms with Gasteiger partial charge in [-0.3, -0.25) is 10.1 Å². The summed E-state index contributed by atoms with van der Waals surface area (Å²) in [5.41, 5.74) is -0.886. The highest BCUT2D eigenvalue weighted by Crippen LogP contribution is 2.47. The number of hydrogen-bond acceptors (Lipinski definition) is 4. The molecule has 28 heavy (non-hydrogen) atoms. The second-order valence-corrected chi connectivity index (χ2v) is 11.0. The molecule has 5 nitrogen and oxygen atoms in total.